The number of aliphatic hydroxyl groups is 1. The fourth-order valence-corrected chi connectivity index (χ4v) is 2.74. The molecule has 1 fully saturated rings. The molecule has 2 atom stereocenters. The molecule has 2 N–H and O–H groups in total. The maximum atomic E-state index is 12.5. The van der Waals surface area contributed by atoms with Gasteiger partial charge in [0, 0.05) is 17.6 Å². The first-order chi connectivity index (χ1) is 10.1. The Balaban J connectivity index is 2.16. The molecule has 0 radical (unpaired) electrons. The minimum atomic E-state index is -0.212. The molecular weight excluding hydrogens is 264 g/mol. The van der Waals surface area contributed by atoms with Gasteiger partial charge in [-0.25, -0.2) is 5.01 Å². The fraction of sp³-hybridized carbons (Fsp3) is 0.471. The maximum absolute atomic E-state index is 12.5. The molecule has 1 aliphatic heterocycles. The summed E-state index contributed by atoms with van der Waals surface area (Å²) in [5.41, 5.74) is 4.20. The molecule has 1 aromatic rings. The van der Waals surface area contributed by atoms with Crippen molar-refractivity contribution >= 4 is 5.91 Å². The van der Waals surface area contributed by atoms with E-state index in [0.717, 1.165) is 12.8 Å². The van der Waals surface area contributed by atoms with E-state index in [4.69, 9.17) is 5.11 Å². The van der Waals surface area contributed by atoms with Crippen LogP contribution in [0.25, 0.3) is 0 Å². The highest BCUT2D eigenvalue weighted by Crippen LogP contribution is 2.20. The third-order valence-corrected chi connectivity index (χ3v) is 3.90. The van der Waals surface area contributed by atoms with E-state index in [-0.39, 0.29) is 12.5 Å². The largest absolute Gasteiger partial charge is 0.384 e. The van der Waals surface area contributed by atoms with Crippen LogP contribution in [0.3, 0.4) is 0 Å². The lowest BCUT2D eigenvalue weighted by Crippen LogP contribution is -2.54. The smallest absolute Gasteiger partial charge is 0.266 e. The van der Waals surface area contributed by atoms with E-state index in [1.54, 1.807) is 12.1 Å². The van der Waals surface area contributed by atoms with Crippen LogP contribution < -0.4 is 5.43 Å². The van der Waals surface area contributed by atoms with Crippen molar-refractivity contribution < 1.29 is 9.90 Å². The number of benzene rings is 1. The number of hydrogen-bond donors (Lipinski definition) is 2. The van der Waals surface area contributed by atoms with E-state index in [2.05, 4.69) is 31.1 Å². The molecule has 2 rings (SSSR count). The van der Waals surface area contributed by atoms with Crippen molar-refractivity contribution in [3.05, 3.63) is 35.4 Å². The Bertz CT molecular complexity index is 549. The zero-order valence-corrected chi connectivity index (χ0v) is 12.6. The van der Waals surface area contributed by atoms with Gasteiger partial charge in [-0.2, -0.15) is 0 Å². The molecule has 0 saturated carbocycles. The van der Waals surface area contributed by atoms with Crippen molar-refractivity contribution in [3.8, 4) is 11.8 Å². The Morgan fingerprint density at radius 2 is 2.00 bits per heavy atom. The summed E-state index contributed by atoms with van der Waals surface area (Å²) in [7, 11) is 0. The van der Waals surface area contributed by atoms with Gasteiger partial charge in [0.1, 0.15) is 6.61 Å². The third-order valence-electron chi connectivity index (χ3n) is 3.90. The summed E-state index contributed by atoms with van der Waals surface area (Å²) in [5.74, 6) is 5.28. The number of hydrazine groups is 1. The Morgan fingerprint density at radius 1 is 1.33 bits per heavy atom. The molecule has 4 heteroatoms. The number of rotatable bonds is 2. The lowest BCUT2D eigenvalue weighted by molar-refractivity contribution is 0.0369. The molecule has 0 spiro atoms. The number of piperidine rings is 1. The molecular formula is C17H22N2O2. The summed E-state index contributed by atoms with van der Waals surface area (Å²) in [6.45, 7) is 4.05. The molecule has 0 aromatic heterocycles. The monoisotopic (exact) mass is 286 g/mol. The Kier molecular flexibility index (Phi) is 5.38. The van der Waals surface area contributed by atoms with E-state index in [0.29, 0.717) is 23.2 Å². The number of nitrogens with one attached hydrogen (secondary N) is 1. The predicted octanol–water partition coefficient (Wildman–Crippen LogP) is 1.94. The first-order valence-corrected chi connectivity index (χ1v) is 7.41. The zero-order valence-electron chi connectivity index (χ0n) is 12.6. The summed E-state index contributed by atoms with van der Waals surface area (Å²) >= 11 is 0. The van der Waals surface area contributed by atoms with Crippen molar-refractivity contribution in [1.82, 2.24) is 10.4 Å². The topological polar surface area (TPSA) is 52.6 Å². The normalized spacial score (nSPS) is 22.2. The van der Waals surface area contributed by atoms with Crippen molar-refractivity contribution in [1.29, 1.82) is 0 Å². The minimum absolute atomic E-state index is 0.140. The van der Waals surface area contributed by atoms with E-state index >= 15 is 0 Å². The number of hydrogen-bond acceptors (Lipinski definition) is 3. The molecule has 1 heterocycles. The van der Waals surface area contributed by atoms with Crippen molar-refractivity contribution in [2.45, 2.75) is 45.2 Å². The van der Waals surface area contributed by atoms with Gasteiger partial charge in [0.2, 0.25) is 0 Å². The van der Waals surface area contributed by atoms with Crippen LogP contribution in [-0.4, -0.2) is 34.7 Å². The molecule has 1 aliphatic rings. The molecule has 0 aliphatic carbocycles. The van der Waals surface area contributed by atoms with Gasteiger partial charge in [0.25, 0.3) is 5.91 Å². The highest BCUT2D eigenvalue weighted by Gasteiger charge is 2.26. The van der Waals surface area contributed by atoms with Gasteiger partial charge in [-0.1, -0.05) is 30.4 Å². The molecule has 1 saturated heterocycles. The average molecular weight is 286 g/mol. The average Bonchev–Trinajstić information content (AvgIpc) is 2.49. The van der Waals surface area contributed by atoms with Crippen LogP contribution in [0.4, 0.5) is 0 Å². The standard InChI is InChI=1S/C17H22N2O2/c1-13-7-5-8-14(2)19(13)18-17(21)16-11-4-3-9-15(16)10-6-12-20/h3-4,9,11,13-14,20H,5,7-8,12H2,1-2H3,(H,18,21). The number of amides is 1. The van der Waals surface area contributed by atoms with E-state index in [1.807, 2.05) is 17.1 Å². The lowest BCUT2D eigenvalue weighted by atomic mass is 9.99. The van der Waals surface area contributed by atoms with Gasteiger partial charge in [-0.15, -0.1) is 0 Å². The summed E-state index contributed by atoms with van der Waals surface area (Å²) in [5, 5.41) is 10.8. The van der Waals surface area contributed by atoms with Gasteiger partial charge >= 0.3 is 0 Å². The highest BCUT2D eigenvalue weighted by atomic mass is 16.2. The van der Waals surface area contributed by atoms with E-state index < -0.39 is 0 Å². The molecule has 112 valence electrons. The van der Waals surface area contributed by atoms with Gasteiger partial charge < -0.3 is 5.11 Å². The van der Waals surface area contributed by atoms with Crippen LogP contribution >= 0.6 is 0 Å². The second kappa shape index (κ2) is 7.26. The predicted molar refractivity (Wildman–Crippen MR) is 82.5 cm³/mol. The molecule has 1 amide bonds. The summed E-state index contributed by atoms with van der Waals surface area (Å²) in [6, 6.07) is 7.89. The first-order valence-electron chi connectivity index (χ1n) is 7.41. The third kappa shape index (κ3) is 3.84. The molecule has 21 heavy (non-hydrogen) atoms. The Hall–Kier alpha value is -1.83. The summed E-state index contributed by atoms with van der Waals surface area (Å²) in [4.78, 5) is 12.5. The van der Waals surface area contributed by atoms with Crippen molar-refractivity contribution in [2.24, 2.45) is 0 Å². The minimum Gasteiger partial charge on any atom is -0.384 e. The van der Waals surface area contributed by atoms with Crippen LogP contribution in [0.5, 0.6) is 0 Å². The van der Waals surface area contributed by atoms with Crippen LogP contribution in [0.2, 0.25) is 0 Å². The molecule has 1 aromatic carbocycles. The van der Waals surface area contributed by atoms with Crippen LogP contribution in [0.15, 0.2) is 24.3 Å². The SMILES string of the molecule is CC1CCCC(C)N1NC(=O)c1ccccc1C#CCO. The number of nitrogens with zero attached hydrogens (tertiary/aromatic N) is 1. The summed E-state index contributed by atoms with van der Waals surface area (Å²) in [6.07, 6.45) is 3.39. The second-order valence-electron chi connectivity index (χ2n) is 5.48. The van der Waals surface area contributed by atoms with Crippen LogP contribution in [0, 0.1) is 11.8 Å². The first kappa shape index (κ1) is 15.6. The van der Waals surface area contributed by atoms with Crippen molar-refractivity contribution in [2.75, 3.05) is 6.61 Å². The van der Waals surface area contributed by atoms with E-state index in [1.165, 1.54) is 6.42 Å². The van der Waals surface area contributed by atoms with Gasteiger partial charge in [0.05, 0.1) is 5.56 Å². The summed E-state index contributed by atoms with van der Waals surface area (Å²) < 4.78 is 0. The quantitative estimate of drug-likeness (QED) is 0.817. The lowest BCUT2D eigenvalue weighted by Gasteiger charge is -2.38. The Morgan fingerprint density at radius 3 is 2.67 bits per heavy atom. The van der Waals surface area contributed by atoms with Gasteiger partial charge in [-0.05, 0) is 38.8 Å². The highest BCUT2D eigenvalue weighted by molar-refractivity contribution is 5.96. The maximum Gasteiger partial charge on any atom is 0.266 e. The zero-order chi connectivity index (χ0) is 15.2. The van der Waals surface area contributed by atoms with E-state index in [9.17, 15) is 4.79 Å². The van der Waals surface area contributed by atoms with Crippen LogP contribution in [-0.2, 0) is 0 Å². The van der Waals surface area contributed by atoms with Crippen molar-refractivity contribution in [3.63, 3.8) is 0 Å². The van der Waals surface area contributed by atoms with Gasteiger partial charge in [-0.3, -0.25) is 10.2 Å². The molecule has 0 bridgehead atoms. The number of aliphatic hydroxyl groups excluding tert-OH is 1. The number of carbonyl (C=O) groups excluding carboxylic acids is 1. The Labute approximate surface area is 126 Å². The van der Waals surface area contributed by atoms with Gasteiger partial charge in [0.15, 0.2) is 0 Å². The number of carbonyl (C=O) groups is 1. The second-order valence-corrected chi connectivity index (χ2v) is 5.48. The molecule has 4 nitrogen and oxygen atoms in total. The molecule has 2 unspecified atom stereocenters. The van der Waals surface area contributed by atoms with Crippen LogP contribution in [0.1, 0.15) is 49.0 Å². The fourth-order valence-electron chi connectivity index (χ4n) is 2.74.